The fraction of sp³-hybridized carbons (Fsp3) is 0.0667. The molecule has 0 spiro atoms. The highest BCUT2D eigenvalue weighted by molar-refractivity contribution is 6.07. The van der Waals surface area contributed by atoms with Crippen LogP contribution in [0.2, 0.25) is 0 Å². The Kier molecular flexibility index (Phi) is 4.63. The lowest BCUT2D eigenvalue weighted by atomic mass is 10.2. The van der Waals surface area contributed by atoms with E-state index in [-0.39, 0.29) is 18.1 Å². The van der Waals surface area contributed by atoms with Crippen LogP contribution in [-0.4, -0.2) is 18.4 Å². The fourth-order valence-electron chi connectivity index (χ4n) is 1.71. The zero-order valence-electron chi connectivity index (χ0n) is 11.1. The molecular formula is C15H14FN3O2. The largest absolute Gasteiger partial charge is 0.323 e. The molecule has 0 unspecified atom stereocenters. The molecule has 0 fully saturated rings. The molecule has 0 bridgehead atoms. The summed E-state index contributed by atoms with van der Waals surface area (Å²) in [5.74, 6) is -1.36. The fourth-order valence-corrected chi connectivity index (χ4v) is 1.71. The van der Waals surface area contributed by atoms with Crippen LogP contribution in [0.4, 0.5) is 15.8 Å². The second-order valence-electron chi connectivity index (χ2n) is 4.26. The van der Waals surface area contributed by atoms with Crippen LogP contribution >= 0.6 is 0 Å². The van der Waals surface area contributed by atoms with E-state index in [1.54, 1.807) is 30.3 Å². The van der Waals surface area contributed by atoms with Crippen LogP contribution in [0.1, 0.15) is 10.4 Å². The minimum atomic E-state index is -0.528. The van der Waals surface area contributed by atoms with E-state index in [0.29, 0.717) is 11.3 Å². The second kappa shape index (κ2) is 6.62. The minimum absolute atomic E-state index is 0.162. The standard InChI is InChI=1S/C15H14FN3O2/c16-11-6-7-12(13(8-11)18-14(20)9-17)19-15(21)10-4-2-1-3-5-10/h1-8H,9,17H2,(H,18,20)(H,19,21). The lowest BCUT2D eigenvalue weighted by Crippen LogP contribution is -2.23. The smallest absolute Gasteiger partial charge is 0.255 e. The van der Waals surface area contributed by atoms with Gasteiger partial charge >= 0.3 is 0 Å². The van der Waals surface area contributed by atoms with Crippen molar-refractivity contribution >= 4 is 23.2 Å². The molecule has 108 valence electrons. The van der Waals surface area contributed by atoms with Crippen molar-refractivity contribution in [2.75, 3.05) is 17.2 Å². The second-order valence-corrected chi connectivity index (χ2v) is 4.26. The van der Waals surface area contributed by atoms with Crippen LogP contribution in [-0.2, 0) is 4.79 Å². The summed E-state index contributed by atoms with van der Waals surface area (Å²) >= 11 is 0. The molecule has 0 atom stereocenters. The van der Waals surface area contributed by atoms with Gasteiger partial charge in [0.25, 0.3) is 5.91 Å². The van der Waals surface area contributed by atoms with Gasteiger partial charge in [0.2, 0.25) is 5.91 Å². The maximum absolute atomic E-state index is 13.3. The molecule has 21 heavy (non-hydrogen) atoms. The predicted molar refractivity (Wildman–Crippen MR) is 78.5 cm³/mol. The summed E-state index contributed by atoms with van der Waals surface area (Å²) in [6.07, 6.45) is 0. The maximum atomic E-state index is 13.3. The van der Waals surface area contributed by atoms with Gasteiger partial charge in [-0.05, 0) is 30.3 Å². The van der Waals surface area contributed by atoms with Crippen molar-refractivity contribution in [1.29, 1.82) is 0 Å². The SMILES string of the molecule is NCC(=O)Nc1cc(F)ccc1NC(=O)c1ccccc1. The molecule has 0 heterocycles. The van der Waals surface area contributed by atoms with Crippen LogP contribution in [0, 0.1) is 5.82 Å². The lowest BCUT2D eigenvalue weighted by Gasteiger charge is -2.12. The normalized spacial score (nSPS) is 10.0. The Labute approximate surface area is 121 Å². The minimum Gasteiger partial charge on any atom is -0.323 e. The summed E-state index contributed by atoms with van der Waals surface area (Å²) in [6.45, 7) is -0.234. The Morgan fingerprint density at radius 1 is 1.00 bits per heavy atom. The van der Waals surface area contributed by atoms with E-state index >= 15 is 0 Å². The number of hydrogen-bond acceptors (Lipinski definition) is 3. The Hall–Kier alpha value is -2.73. The number of benzene rings is 2. The molecule has 2 aromatic rings. The molecule has 0 aliphatic carbocycles. The third-order valence-electron chi connectivity index (χ3n) is 2.73. The molecule has 0 saturated carbocycles. The molecule has 0 aliphatic rings. The van der Waals surface area contributed by atoms with E-state index in [1.807, 2.05) is 0 Å². The van der Waals surface area contributed by atoms with E-state index in [9.17, 15) is 14.0 Å². The average Bonchev–Trinajstić information content (AvgIpc) is 2.50. The van der Waals surface area contributed by atoms with Gasteiger partial charge in [0.15, 0.2) is 0 Å². The first-order valence-electron chi connectivity index (χ1n) is 6.26. The van der Waals surface area contributed by atoms with E-state index in [1.165, 1.54) is 12.1 Å². The number of hydrogen-bond donors (Lipinski definition) is 3. The van der Waals surface area contributed by atoms with Crippen LogP contribution < -0.4 is 16.4 Å². The number of carbonyl (C=O) groups excluding carboxylic acids is 2. The first-order chi connectivity index (χ1) is 10.1. The summed E-state index contributed by atoms with van der Waals surface area (Å²) in [5.41, 5.74) is 6.12. The Balaban J connectivity index is 2.23. The zero-order chi connectivity index (χ0) is 15.2. The summed E-state index contributed by atoms with van der Waals surface area (Å²) < 4.78 is 13.3. The molecule has 2 amide bonds. The number of nitrogens with one attached hydrogen (secondary N) is 2. The van der Waals surface area contributed by atoms with Gasteiger partial charge in [-0.1, -0.05) is 18.2 Å². The van der Waals surface area contributed by atoms with E-state index in [0.717, 1.165) is 6.07 Å². The average molecular weight is 287 g/mol. The molecule has 0 aromatic heterocycles. The summed E-state index contributed by atoms with van der Waals surface area (Å²) in [4.78, 5) is 23.4. The van der Waals surface area contributed by atoms with Crippen molar-refractivity contribution in [2.45, 2.75) is 0 Å². The molecule has 0 aliphatic heterocycles. The highest BCUT2D eigenvalue weighted by atomic mass is 19.1. The molecule has 0 saturated heterocycles. The first kappa shape index (κ1) is 14.7. The number of amides is 2. The van der Waals surface area contributed by atoms with Crippen molar-refractivity contribution in [3.63, 3.8) is 0 Å². The van der Waals surface area contributed by atoms with Crippen molar-refractivity contribution < 1.29 is 14.0 Å². The number of carbonyl (C=O) groups is 2. The van der Waals surface area contributed by atoms with Gasteiger partial charge in [0.05, 0.1) is 17.9 Å². The number of nitrogens with two attached hydrogens (primary N) is 1. The summed E-state index contributed by atoms with van der Waals surface area (Å²) in [7, 11) is 0. The Morgan fingerprint density at radius 2 is 1.71 bits per heavy atom. The molecule has 2 aromatic carbocycles. The summed E-state index contributed by atoms with van der Waals surface area (Å²) in [5, 5.41) is 5.06. The van der Waals surface area contributed by atoms with E-state index in [2.05, 4.69) is 10.6 Å². The van der Waals surface area contributed by atoms with Crippen LogP contribution in [0.5, 0.6) is 0 Å². The van der Waals surface area contributed by atoms with E-state index < -0.39 is 11.7 Å². The first-order valence-corrected chi connectivity index (χ1v) is 6.26. The summed E-state index contributed by atoms with van der Waals surface area (Å²) in [6, 6.07) is 12.2. The quantitative estimate of drug-likeness (QED) is 0.804. The molecule has 6 heteroatoms. The highest BCUT2D eigenvalue weighted by Gasteiger charge is 2.11. The number of anilines is 2. The number of rotatable bonds is 4. The molecule has 4 N–H and O–H groups in total. The maximum Gasteiger partial charge on any atom is 0.255 e. The van der Waals surface area contributed by atoms with Crippen LogP contribution in [0.3, 0.4) is 0 Å². The lowest BCUT2D eigenvalue weighted by molar-refractivity contribution is -0.114. The monoisotopic (exact) mass is 287 g/mol. The molecule has 2 rings (SSSR count). The Bertz CT molecular complexity index is 659. The molecular weight excluding hydrogens is 273 g/mol. The third kappa shape index (κ3) is 3.87. The van der Waals surface area contributed by atoms with Gasteiger partial charge in [0, 0.05) is 5.56 Å². The van der Waals surface area contributed by atoms with Gasteiger partial charge in [-0.15, -0.1) is 0 Å². The van der Waals surface area contributed by atoms with Crippen molar-refractivity contribution in [3.8, 4) is 0 Å². The van der Waals surface area contributed by atoms with Gasteiger partial charge in [-0.25, -0.2) is 4.39 Å². The highest BCUT2D eigenvalue weighted by Crippen LogP contribution is 2.23. The number of halogens is 1. The zero-order valence-corrected chi connectivity index (χ0v) is 11.1. The van der Waals surface area contributed by atoms with Crippen molar-refractivity contribution in [2.24, 2.45) is 5.73 Å². The van der Waals surface area contributed by atoms with Crippen molar-refractivity contribution in [1.82, 2.24) is 0 Å². The van der Waals surface area contributed by atoms with Gasteiger partial charge in [-0.3, -0.25) is 9.59 Å². The molecule has 5 nitrogen and oxygen atoms in total. The van der Waals surface area contributed by atoms with Gasteiger partial charge in [-0.2, -0.15) is 0 Å². The van der Waals surface area contributed by atoms with Crippen LogP contribution in [0.25, 0.3) is 0 Å². The van der Waals surface area contributed by atoms with E-state index in [4.69, 9.17) is 5.73 Å². The van der Waals surface area contributed by atoms with Gasteiger partial charge in [0.1, 0.15) is 5.82 Å². The Morgan fingerprint density at radius 3 is 2.38 bits per heavy atom. The van der Waals surface area contributed by atoms with Gasteiger partial charge < -0.3 is 16.4 Å². The predicted octanol–water partition coefficient (Wildman–Crippen LogP) is 1.98. The van der Waals surface area contributed by atoms with Crippen molar-refractivity contribution in [3.05, 3.63) is 59.9 Å². The molecule has 0 radical (unpaired) electrons. The van der Waals surface area contributed by atoms with Crippen LogP contribution in [0.15, 0.2) is 48.5 Å². The topological polar surface area (TPSA) is 84.2 Å². The third-order valence-corrected chi connectivity index (χ3v) is 2.73.